The molecule has 2 rings (SSSR count). The minimum absolute atomic E-state index is 0.217. The number of aliphatic hydroxyl groups is 2. The molecular weight excluding hydrogens is 244 g/mol. The van der Waals surface area contributed by atoms with Crippen LogP contribution >= 0.6 is 23.1 Å². The van der Waals surface area contributed by atoms with Crippen molar-refractivity contribution in [3.8, 4) is 0 Å². The summed E-state index contributed by atoms with van der Waals surface area (Å²) in [6, 6.07) is 5.59. The highest BCUT2D eigenvalue weighted by atomic mass is 32.2. The van der Waals surface area contributed by atoms with E-state index < -0.39 is 6.10 Å². The number of anilines is 1. The van der Waals surface area contributed by atoms with Gasteiger partial charge in [-0.05, 0) is 18.2 Å². The topological polar surface area (TPSA) is 79.4 Å². The molecule has 2 aromatic rings. The van der Waals surface area contributed by atoms with E-state index in [1.54, 1.807) is 11.3 Å². The van der Waals surface area contributed by atoms with E-state index in [0.29, 0.717) is 5.75 Å². The Labute approximate surface area is 101 Å². The van der Waals surface area contributed by atoms with Crippen molar-refractivity contribution in [3.63, 3.8) is 0 Å². The van der Waals surface area contributed by atoms with Crippen molar-refractivity contribution in [2.75, 3.05) is 18.1 Å². The van der Waals surface area contributed by atoms with Gasteiger partial charge in [-0.2, -0.15) is 0 Å². The van der Waals surface area contributed by atoms with Crippen LogP contribution in [0.15, 0.2) is 22.5 Å². The molecule has 1 aromatic carbocycles. The Kier molecular flexibility index (Phi) is 3.65. The van der Waals surface area contributed by atoms with Crippen LogP contribution in [-0.2, 0) is 0 Å². The summed E-state index contributed by atoms with van der Waals surface area (Å²) >= 11 is 2.98. The van der Waals surface area contributed by atoms with Crippen molar-refractivity contribution < 1.29 is 10.2 Å². The van der Waals surface area contributed by atoms with Gasteiger partial charge in [0.05, 0.1) is 22.9 Å². The van der Waals surface area contributed by atoms with Crippen LogP contribution in [0.1, 0.15) is 0 Å². The Bertz CT molecular complexity index is 487. The summed E-state index contributed by atoms with van der Waals surface area (Å²) < 4.78 is 1.93. The van der Waals surface area contributed by atoms with Gasteiger partial charge in [0.25, 0.3) is 0 Å². The van der Waals surface area contributed by atoms with Gasteiger partial charge in [-0.1, -0.05) is 11.8 Å². The third kappa shape index (κ3) is 2.65. The Morgan fingerprint density at radius 1 is 1.50 bits per heavy atom. The second-order valence-electron chi connectivity index (χ2n) is 3.35. The highest BCUT2D eigenvalue weighted by molar-refractivity contribution is 8.01. The number of rotatable bonds is 4. The maximum absolute atomic E-state index is 9.22. The number of hydrogen-bond donors (Lipinski definition) is 3. The molecule has 86 valence electrons. The molecule has 0 saturated carbocycles. The van der Waals surface area contributed by atoms with Crippen molar-refractivity contribution >= 4 is 39.0 Å². The largest absolute Gasteiger partial charge is 0.399 e. The first-order valence-corrected chi connectivity index (χ1v) is 6.57. The second-order valence-corrected chi connectivity index (χ2v) is 5.65. The van der Waals surface area contributed by atoms with Gasteiger partial charge in [0.1, 0.15) is 0 Å². The fraction of sp³-hybridized carbons (Fsp3) is 0.300. The number of aliphatic hydroxyl groups excluding tert-OH is 2. The molecule has 0 aliphatic heterocycles. The second kappa shape index (κ2) is 5.01. The lowest BCUT2D eigenvalue weighted by Gasteiger charge is -2.02. The molecule has 0 spiro atoms. The zero-order chi connectivity index (χ0) is 11.5. The molecule has 0 bridgehead atoms. The molecule has 4 N–H and O–H groups in total. The monoisotopic (exact) mass is 256 g/mol. The van der Waals surface area contributed by atoms with Gasteiger partial charge in [-0.25, -0.2) is 4.98 Å². The van der Waals surface area contributed by atoms with Crippen LogP contribution < -0.4 is 5.73 Å². The Hall–Kier alpha value is -0.820. The molecule has 0 aliphatic carbocycles. The van der Waals surface area contributed by atoms with Crippen molar-refractivity contribution in [2.24, 2.45) is 0 Å². The Morgan fingerprint density at radius 3 is 3.06 bits per heavy atom. The maximum Gasteiger partial charge on any atom is 0.151 e. The molecule has 4 nitrogen and oxygen atoms in total. The molecule has 1 heterocycles. The van der Waals surface area contributed by atoms with Gasteiger partial charge in [-0.3, -0.25) is 0 Å². The number of nitrogen functional groups attached to an aromatic ring is 1. The first-order chi connectivity index (χ1) is 7.69. The Balaban J connectivity index is 2.13. The zero-order valence-corrected chi connectivity index (χ0v) is 10.1. The minimum Gasteiger partial charge on any atom is -0.399 e. The molecule has 1 atom stereocenters. The van der Waals surface area contributed by atoms with E-state index in [1.807, 2.05) is 18.2 Å². The first kappa shape index (κ1) is 11.7. The predicted molar refractivity (Wildman–Crippen MR) is 67.8 cm³/mol. The summed E-state index contributed by atoms with van der Waals surface area (Å²) in [4.78, 5) is 4.39. The normalized spacial score (nSPS) is 13.1. The van der Waals surface area contributed by atoms with Crippen LogP contribution in [0.3, 0.4) is 0 Å². The predicted octanol–water partition coefficient (Wildman–Crippen LogP) is 1.32. The Morgan fingerprint density at radius 2 is 2.31 bits per heavy atom. The van der Waals surface area contributed by atoms with Crippen molar-refractivity contribution in [3.05, 3.63) is 18.2 Å². The van der Waals surface area contributed by atoms with Gasteiger partial charge in [0.2, 0.25) is 0 Å². The number of thioether (sulfide) groups is 1. The molecule has 0 aliphatic rings. The van der Waals surface area contributed by atoms with Gasteiger partial charge in [0.15, 0.2) is 4.34 Å². The van der Waals surface area contributed by atoms with E-state index in [0.717, 1.165) is 20.2 Å². The van der Waals surface area contributed by atoms with Gasteiger partial charge in [0, 0.05) is 11.4 Å². The maximum atomic E-state index is 9.22. The van der Waals surface area contributed by atoms with E-state index in [2.05, 4.69) is 4.98 Å². The van der Waals surface area contributed by atoms with Crippen molar-refractivity contribution in [1.29, 1.82) is 0 Å². The van der Waals surface area contributed by atoms with E-state index in [4.69, 9.17) is 10.8 Å². The number of nitrogens with two attached hydrogens (primary N) is 1. The molecule has 6 heteroatoms. The fourth-order valence-electron chi connectivity index (χ4n) is 1.20. The summed E-state index contributed by atoms with van der Waals surface area (Å²) in [5, 5.41) is 17.9. The van der Waals surface area contributed by atoms with E-state index in [-0.39, 0.29) is 6.61 Å². The summed E-state index contributed by atoms with van der Waals surface area (Å²) in [6.45, 7) is -0.217. The van der Waals surface area contributed by atoms with Crippen molar-refractivity contribution in [2.45, 2.75) is 10.4 Å². The minimum atomic E-state index is -0.693. The standard InChI is InChI=1S/C10H12N2O2S2/c11-6-1-2-8-9(3-6)16-10(12-8)15-5-7(14)4-13/h1-3,7,13-14H,4-5,11H2. The molecule has 0 radical (unpaired) electrons. The number of fused-ring (bicyclic) bond motifs is 1. The molecule has 1 aromatic heterocycles. The van der Waals surface area contributed by atoms with E-state index >= 15 is 0 Å². The summed E-state index contributed by atoms with van der Waals surface area (Å²) in [7, 11) is 0. The summed E-state index contributed by atoms with van der Waals surface area (Å²) in [5.41, 5.74) is 7.32. The highest BCUT2D eigenvalue weighted by Gasteiger charge is 2.07. The number of benzene rings is 1. The van der Waals surface area contributed by atoms with Crippen molar-refractivity contribution in [1.82, 2.24) is 4.98 Å². The molecule has 16 heavy (non-hydrogen) atoms. The first-order valence-electron chi connectivity index (χ1n) is 4.77. The van der Waals surface area contributed by atoms with Crippen LogP contribution in [0, 0.1) is 0 Å². The van der Waals surface area contributed by atoms with Crippen LogP contribution in [0.5, 0.6) is 0 Å². The molecular formula is C10H12N2O2S2. The van der Waals surface area contributed by atoms with Crippen LogP contribution in [0.2, 0.25) is 0 Å². The third-order valence-electron chi connectivity index (χ3n) is 2.00. The smallest absolute Gasteiger partial charge is 0.151 e. The van der Waals surface area contributed by atoms with Crippen LogP contribution in [-0.4, -0.2) is 33.7 Å². The lowest BCUT2D eigenvalue weighted by Crippen LogP contribution is -2.14. The number of hydrogen-bond acceptors (Lipinski definition) is 6. The van der Waals surface area contributed by atoms with Gasteiger partial charge < -0.3 is 15.9 Å². The van der Waals surface area contributed by atoms with Crippen LogP contribution in [0.25, 0.3) is 10.2 Å². The SMILES string of the molecule is Nc1ccc2nc(SCC(O)CO)sc2c1. The third-order valence-corrected chi connectivity index (χ3v) is 4.31. The summed E-state index contributed by atoms with van der Waals surface area (Å²) in [5.74, 6) is 0.450. The van der Waals surface area contributed by atoms with Gasteiger partial charge >= 0.3 is 0 Å². The zero-order valence-electron chi connectivity index (χ0n) is 8.46. The fourth-order valence-corrected chi connectivity index (χ4v) is 3.26. The number of thiazole rings is 1. The number of nitrogens with zero attached hydrogens (tertiary/aromatic N) is 1. The van der Waals surface area contributed by atoms with E-state index in [9.17, 15) is 5.11 Å². The molecule has 1 unspecified atom stereocenters. The molecule has 0 amide bonds. The highest BCUT2D eigenvalue weighted by Crippen LogP contribution is 2.30. The quantitative estimate of drug-likeness (QED) is 0.568. The van der Waals surface area contributed by atoms with E-state index in [1.165, 1.54) is 11.8 Å². The lowest BCUT2D eigenvalue weighted by molar-refractivity contribution is 0.113. The lowest BCUT2D eigenvalue weighted by atomic mass is 10.3. The summed E-state index contributed by atoms with van der Waals surface area (Å²) in [6.07, 6.45) is -0.693. The van der Waals surface area contributed by atoms with Gasteiger partial charge in [-0.15, -0.1) is 11.3 Å². The number of aromatic nitrogens is 1. The molecule has 0 fully saturated rings. The average molecular weight is 256 g/mol. The molecule has 0 saturated heterocycles. The van der Waals surface area contributed by atoms with Crippen LogP contribution in [0.4, 0.5) is 5.69 Å². The average Bonchev–Trinajstić information content (AvgIpc) is 2.67.